The van der Waals surface area contributed by atoms with Gasteiger partial charge in [-0.15, -0.1) is 0 Å². The zero-order valence-corrected chi connectivity index (χ0v) is 11.5. The molecule has 2 fully saturated rings. The third kappa shape index (κ3) is 3.04. The van der Waals surface area contributed by atoms with Gasteiger partial charge in [0.25, 0.3) is 0 Å². The Kier molecular flexibility index (Phi) is 5.01. The first-order valence-corrected chi connectivity index (χ1v) is 7.35. The average Bonchev–Trinajstić information content (AvgIpc) is 2.54. The molecule has 18 heavy (non-hydrogen) atoms. The van der Waals surface area contributed by atoms with E-state index in [1.54, 1.807) is 0 Å². The summed E-state index contributed by atoms with van der Waals surface area (Å²) in [6.45, 7) is 1.96. The van der Waals surface area contributed by atoms with Crippen molar-refractivity contribution < 1.29 is 9.90 Å². The zero-order valence-electron chi connectivity index (χ0n) is 11.5. The van der Waals surface area contributed by atoms with E-state index < -0.39 is 0 Å². The highest BCUT2D eigenvalue weighted by molar-refractivity contribution is 5.82. The van der Waals surface area contributed by atoms with Crippen molar-refractivity contribution in [3.05, 3.63) is 0 Å². The standard InChI is InChI=1S/C14H26N2O2/c1-15-9-5-10-16(12-6-3-2-4-7-12)13(8-11-17)14(15)18/h12-13,17H,2-11H2,1H3. The summed E-state index contributed by atoms with van der Waals surface area (Å²) in [5.41, 5.74) is 0. The summed E-state index contributed by atoms with van der Waals surface area (Å²) in [4.78, 5) is 16.6. The number of amides is 1. The predicted molar refractivity (Wildman–Crippen MR) is 71.3 cm³/mol. The van der Waals surface area contributed by atoms with Crippen LogP contribution >= 0.6 is 0 Å². The second-order valence-corrected chi connectivity index (χ2v) is 5.67. The van der Waals surface area contributed by atoms with E-state index in [0.29, 0.717) is 12.5 Å². The lowest BCUT2D eigenvalue weighted by molar-refractivity contribution is -0.135. The van der Waals surface area contributed by atoms with Crippen molar-refractivity contribution in [2.75, 3.05) is 26.7 Å². The van der Waals surface area contributed by atoms with Gasteiger partial charge in [0.15, 0.2) is 0 Å². The fourth-order valence-corrected chi connectivity index (χ4v) is 3.41. The molecule has 0 bridgehead atoms. The summed E-state index contributed by atoms with van der Waals surface area (Å²) < 4.78 is 0. The van der Waals surface area contributed by atoms with E-state index in [1.807, 2.05) is 11.9 Å². The van der Waals surface area contributed by atoms with Crippen molar-refractivity contribution in [2.24, 2.45) is 0 Å². The SMILES string of the molecule is CN1CCCN(C2CCCCC2)C(CCO)C1=O. The van der Waals surface area contributed by atoms with Crippen LogP contribution in [0.1, 0.15) is 44.9 Å². The van der Waals surface area contributed by atoms with Crippen LogP contribution in [-0.4, -0.2) is 59.6 Å². The quantitative estimate of drug-likeness (QED) is 0.824. The van der Waals surface area contributed by atoms with E-state index in [9.17, 15) is 9.90 Å². The predicted octanol–water partition coefficient (Wildman–Crippen LogP) is 1.23. The van der Waals surface area contributed by atoms with Crippen LogP contribution in [0.25, 0.3) is 0 Å². The molecule has 1 N–H and O–H groups in total. The van der Waals surface area contributed by atoms with Crippen LogP contribution in [0.15, 0.2) is 0 Å². The molecule has 0 aromatic carbocycles. The summed E-state index contributed by atoms with van der Waals surface area (Å²) in [5.74, 6) is 0.201. The highest BCUT2D eigenvalue weighted by Gasteiger charge is 2.34. The van der Waals surface area contributed by atoms with Crippen LogP contribution in [0.3, 0.4) is 0 Å². The van der Waals surface area contributed by atoms with Crippen LogP contribution in [0.2, 0.25) is 0 Å². The number of rotatable bonds is 3. The molecule has 0 aromatic rings. The Morgan fingerprint density at radius 2 is 1.89 bits per heavy atom. The molecule has 4 heteroatoms. The maximum Gasteiger partial charge on any atom is 0.239 e. The first-order valence-electron chi connectivity index (χ1n) is 7.35. The molecule has 1 aliphatic heterocycles. The third-order valence-electron chi connectivity index (χ3n) is 4.42. The van der Waals surface area contributed by atoms with Gasteiger partial charge in [-0.2, -0.15) is 0 Å². The van der Waals surface area contributed by atoms with Crippen molar-refractivity contribution in [3.8, 4) is 0 Å². The first-order chi connectivity index (χ1) is 8.74. The molecule has 0 spiro atoms. The third-order valence-corrected chi connectivity index (χ3v) is 4.42. The number of likely N-dealkylation sites (N-methyl/N-ethyl adjacent to an activating group) is 1. The molecule has 1 atom stereocenters. The van der Waals surface area contributed by atoms with Crippen molar-refractivity contribution in [3.63, 3.8) is 0 Å². The van der Waals surface area contributed by atoms with E-state index in [0.717, 1.165) is 19.5 Å². The Hall–Kier alpha value is -0.610. The highest BCUT2D eigenvalue weighted by atomic mass is 16.3. The maximum atomic E-state index is 12.4. The van der Waals surface area contributed by atoms with Gasteiger partial charge < -0.3 is 10.0 Å². The van der Waals surface area contributed by atoms with Gasteiger partial charge in [0.1, 0.15) is 0 Å². The Morgan fingerprint density at radius 1 is 1.17 bits per heavy atom. The highest BCUT2D eigenvalue weighted by Crippen LogP contribution is 2.27. The molecular formula is C14H26N2O2. The first kappa shape index (κ1) is 13.8. The smallest absolute Gasteiger partial charge is 0.239 e. The molecule has 2 aliphatic rings. The Balaban J connectivity index is 2.10. The molecule has 1 unspecified atom stereocenters. The minimum Gasteiger partial charge on any atom is -0.396 e. The molecule has 1 saturated heterocycles. The lowest BCUT2D eigenvalue weighted by Crippen LogP contribution is -2.50. The van der Waals surface area contributed by atoms with Gasteiger partial charge in [-0.1, -0.05) is 19.3 Å². The molecule has 1 saturated carbocycles. The van der Waals surface area contributed by atoms with Crippen LogP contribution in [0.5, 0.6) is 0 Å². The Labute approximate surface area is 110 Å². The van der Waals surface area contributed by atoms with Crippen molar-refractivity contribution in [2.45, 2.75) is 57.0 Å². The zero-order chi connectivity index (χ0) is 13.0. The molecule has 0 aromatic heterocycles. The lowest BCUT2D eigenvalue weighted by atomic mass is 9.92. The monoisotopic (exact) mass is 254 g/mol. The molecule has 2 rings (SSSR count). The van der Waals surface area contributed by atoms with E-state index >= 15 is 0 Å². The fraction of sp³-hybridized carbons (Fsp3) is 0.929. The molecule has 104 valence electrons. The number of nitrogens with zero attached hydrogens (tertiary/aromatic N) is 2. The van der Waals surface area contributed by atoms with Gasteiger partial charge in [0.05, 0.1) is 6.04 Å². The summed E-state index contributed by atoms with van der Waals surface area (Å²) in [6, 6.07) is 0.469. The second-order valence-electron chi connectivity index (χ2n) is 5.67. The normalized spacial score (nSPS) is 28.4. The largest absolute Gasteiger partial charge is 0.396 e. The minimum absolute atomic E-state index is 0.0920. The van der Waals surface area contributed by atoms with E-state index in [2.05, 4.69) is 4.90 Å². The van der Waals surface area contributed by atoms with Gasteiger partial charge >= 0.3 is 0 Å². The van der Waals surface area contributed by atoms with Gasteiger partial charge in [-0.25, -0.2) is 0 Å². The molecule has 0 radical (unpaired) electrons. The second kappa shape index (κ2) is 6.53. The Morgan fingerprint density at radius 3 is 2.56 bits per heavy atom. The molecule has 1 amide bonds. The van der Waals surface area contributed by atoms with E-state index in [4.69, 9.17) is 0 Å². The summed E-state index contributed by atoms with van der Waals surface area (Å²) in [6.07, 6.45) is 8.00. The van der Waals surface area contributed by atoms with Crippen molar-refractivity contribution in [1.29, 1.82) is 0 Å². The van der Waals surface area contributed by atoms with Crippen LogP contribution in [0.4, 0.5) is 0 Å². The van der Waals surface area contributed by atoms with Gasteiger partial charge in [0.2, 0.25) is 5.91 Å². The summed E-state index contributed by atoms with van der Waals surface area (Å²) >= 11 is 0. The van der Waals surface area contributed by atoms with Crippen LogP contribution in [-0.2, 0) is 4.79 Å². The number of carbonyl (C=O) groups excluding carboxylic acids is 1. The van der Waals surface area contributed by atoms with E-state index in [-0.39, 0.29) is 18.6 Å². The number of aliphatic hydroxyl groups is 1. The molecule has 1 aliphatic carbocycles. The van der Waals surface area contributed by atoms with Gasteiger partial charge in [-0.3, -0.25) is 9.69 Å². The van der Waals surface area contributed by atoms with Gasteiger partial charge in [0, 0.05) is 32.8 Å². The number of aliphatic hydroxyl groups excluding tert-OH is 1. The Bertz CT molecular complexity index is 277. The summed E-state index contributed by atoms with van der Waals surface area (Å²) in [7, 11) is 1.89. The molecule has 4 nitrogen and oxygen atoms in total. The van der Waals surface area contributed by atoms with Crippen LogP contribution in [0, 0.1) is 0 Å². The summed E-state index contributed by atoms with van der Waals surface area (Å²) in [5, 5.41) is 9.23. The lowest BCUT2D eigenvalue weighted by Gasteiger charge is -2.38. The van der Waals surface area contributed by atoms with E-state index in [1.165, 1.54) is 32.1 Å². The number of carbonyl (C=O) groups is 1. The number of hydrogen-bond donors (Lipinski definition) is 1. The number of hydrogen-bond acceptors (Lipinski definition) is 3. The average molecular weight is 254 g/mol. The topological polar surface area (TPSA) is 43.8 Å². The maximum absolute atomic E-state index is 12.4. The van der Waals surface area contributed by atoms with Crippen LogP contribution < -0.4 is 0 Å². The van der Waals surface area contributed by atoms with Crippen molar-refractivity contribution >= 4 is 5.91 Å². The fourth-order valence-electron chi connectivity index (χ4n) is 3.41. The van der Waals surface area contributed by atoms with Gasteiger partial charge in [-0.05, 0) is 25.7 Å². The minimum atomic E-state index is -0.0920. The molecular weight excluding hydrogens is 228 g/mol. The van der Waals surface area contributed by atoms with Crippen molar-refractivity contribution in [1.82, 2.24) is 9.80 Å². The molecule has 1 heterocycles.